The summed E-state index contributed by atoms with van der Waals surface area (Å²) in [6.07, 6.45) is 3.21. The maximum absolute atomic E-state index is 5.68. The van der Waals surface area contributed by atoms with Crippen LogP contribution in [-0.4, -0.2) is 12.1 Å². The first kappa shape index (κ1) is 9.43. The number of halogens is 1. The molecular formula is C8H11ClS2. The first-order valence-corrected chi connectivity index (χ1v) is 6.21. The van der Waals surface area contributed by atoms with Crippen LogP contribution < -0.4 is 0 Å². The fraction of sp³-hybridized carbons (Fsp3) is 0.500. The Morgan fingerprint density at radius 1 is 1.73 bits per heavy atom. The van der Waals surface area contributed by atoms with E-state index in [1.165, 1.54) is 4.88 Å². The molecule has 0 saturated carbocycles. The summed E-state index contributed by atoms with van der Waals surface area (Å²) in [5, 5.41) is 2.72. The van der Waals surface area contributed by atoms with Crippen LogP contribution in [0.5, 0.6) is 0 Å². The van der Waals surface area contributed by atoms with E-state index in [9.17, 15) is 0 Å². The van der Waals surface area contributed by atoms with Gasteiger partial charge in [-0.25, -0.2) is 0 Å². The molecule has 0 aromatic carbocycles. The molecule has 0 amide bonds. The van der Waals surface area contributed by atoms with Crippen LogP contribution in [0, 0.1) is 0 Å². The van der Waals surface area contributed by atoms with Crippen molar-refractivity contribution in [3.63, 3.8) is 0 Å². The normalized spacial score (nSPS) is 13.3. The van der Waals surface area contributed by atoms with Gasteiger partial charge >= 0.3 is 0 Å². The topological polar surface area (TPSA) is 0 Å². The van der Waals surface area contributed by atoms with Crippen molar-refractivity contribution in [2.75, 3.05) is 12.1 Å². The van der Waals surface area contributed by atoms with Gasteiger partial charge in [0.05, 0.1) is 0 Å². The molecule has 1 unspecified atom stereocenters. The zero-order valence-electron chi connectivity index (χ0n) is 6.42. The molecule has 0 N–H and O–H groups in total. The highest BCUT2D eigenvalue weighted by atomic mass is 35.5. The molecule has 0 aliphatic carbocycles. The largest absolute Gasteiger partial charge is 0.156 e. The lowest BCUT2D eigenvalue weighted by Gasteiger charge is -2.09. The van der Waals surface area contributed by atoms with Gasteiger partial charge in [0.25, 0.3) is 0 Å². The van der Waals surface area contributed by atoms with E-state index in [2.05, 4.69) is 23.8 Å². The molecule has 0 saturated heterocycles. The molecule has 1 aromatic heterocycles. The lowest BCUT2D eigenvalue weighted by molar-refractivity contribution is 0.923. The number of alkyl halides is 1. The van der Waals surface area contributed by atoms with Gasteiger partial charge in [-0.1, -0.05) is 6.07 Å². The van der Waals surface area contributed by atoms with Gasteiger partial charge in [-0.15, -0.1) is 22.9 Å². The van der Waals surface area contributed by atoms with Crippen molar-refractivity contribution in [3.05, 3.63) is 22.4 Å². The Kier molecular flexibility index (Phi) is 4.34. The van der Waals surface area contributed by atoms with Gasteiger partial charge in [0.15, 0.2) is 0 Å². The van der Waals surface area contributed by atoms with Crippen LogP contribution in [0.3, 0.4) is 0 Å². The first-order chi connectivity index (χ1) is 5.38. The Hall–Kier alpha value is 0.340. The van der Waals surface area contributed by atoms with Crippen molar-refractivity contribution >= 4 is 34.7 Å². The van der Waals surface area contributed by atoms with E-state index in [-0.39, 0.29) is 0 Å². The highest BCUT2D eigenvalue weighted by Gasteiger charge is 2.08. The van der Waals surface area contributed by atoms with E-state index in [1.807, 2.05) is 23.1 Å². The van der Waals surface area contributed by atoms with Crippen LogP contribution >= 0.6 is 34.7 Å². The second-order valence-corrected chi connectivity index (χ2v) is 4.62. The molecule has 0 nitrogen and oxygen atoms in total. The molecule has 0 fully saturated rings. The van der Waals surface area contributed by atoms with Crippen LogP contribution in [0.15, 0.2) is 17.5 Å². The lowest BCUT2D eigenvalue weighted by Crippen LogP contribution is -1.90. The lowest BCUT2D eigenvalue weighted by atomic mass is 10.3. The standard InChI is InChI=1S/C8H11ClS2/c1-10-7(4-5-9)8-3-2-6-11-8/h2-3,6-7H,4-5H2,1H3. The van der Waals surface area contributed by atoms with E-state index in [0.29, 0.717) is 5.25 Å². The van der Waals surface area contributed by atoms with Gasteiger partial charge in [0.2, 0.25) is 0 Å². The van der Waals surface area contributed by atoms with Crippen molar-refractivity contribution in [3.8, 4) is 0 Å². The molecule has 0 aliphatic heterocycles. The molecule has 62 valence electrons. The van der Waals surface area contributed by atoms with Gasteiger partial charge in [-0.3, -0.25) is 0 Å². The minimum Gasteiger partial charge on any atom is -0.156 e. The second kappa shape index (κ2) is 5.07. The molecular weight excluding hydrogens is 196 g/mol. The Morgan fingerprint density at radius 2 is 2.55 bits per heavy atom. The van der Waals surface area contributed by atoms with E-state index < -0.39 is 0 Å². The first-order valence-electron chi connectivity index (χ1n) is 3.50. The van der Waals surface area contributed by atoms with E-state index >= 15 is 0 Å². The summed E-state index contributed by atoms with van der Waals surface area (Å²) >= 11 is 9.38. The quantitative estimate of drug-likeness (QED) is 0.676. The van der Waals surface area contributed by atoms with Crippen molar-refractivity contribution in [2.45, 2.75) is 11.7 Å². The average Bonchev–Trinajstić information content (AvgIpc) is 2.52. The van der Waals surface area contributed by atoms with Gasteiger partial charge in [0, 0.05) is 16.0 Å². The molecule has 1 atom stereocenters. The van der Waals surface area contributed by atoms with Gasteiger partial charge in [-0.05, 0) is 24.1 Å². The highest BCUT2D eigenvalue weighted by molar-refractivity contribution is 7.98. The molecule has 0 radical (unpaired) electrons. The monoisotopic (exact) mass is 206 g/mol. The molecule has 3 heteroatoms. The summed E-state index contributed by atoms with van der Waals surface area (Å²) in [4.78, 5) is 1.44. The molecule has 0 aliphatic rings. The second-order valence-electron chi connectivity index (χ2n) is 2.22. The maximum Gasteiger partial charge on any atom is 0.0399 e. The van der Waals surface area contributed by atoms with Crippen molar-refractivity contribution in [2.24, 2.45) is 0 Å². The van der Waals surface area contributed by atoms with Crippen LogP contribution in [0.1, 0.15) is 16.5 Å². The Bertz CT molecular complexity index is 184. The van der Waals surface area contributed by atoms with E-state index in [1.54, 1.807) is 0 Å². The summed E-state index contributed by atoms with van der Waals surface area (Å²) in [7, 11) is 0. The van der Waals surface area contributed by atoms with Crippen LogP contribution in [0.25, 0.3) is 0 Å². The van der Waals surface area contributed by atoms with Crippen molar-refractivity contribution in [1.29, 1.82) is 0 Å². The number of rotatable bonds is 4. The zero-order valence-corrected chi connectivity index (χ0v) is 8.81. The maximum atomic E-state index is 5.68. The van der Waals surface area contributed by atoms with Crippen molar-refractivity contribution in [1.82, 2.24) is 0 Å². The smallest absolute Gasteiger partial charge is 0.0399 e. The Balaban J connectivity index is 2.56. The molecule has 11 heavy (non-hydrogen) atoms. The molecule has 0 spiro atoms. The van der Waals surface area contributed by atoms with Crippen LogP contribution in [0.2, 0.25) is 0 Å². The summed E-state index contributed by atoms with van der Waals surface area (Å²) in [6, 6.07) is 4.27. The molecule has 1 heterocycles. The number of thioether (sulfide) groups is 1. The predicted octanol–water partition coefficient (Wildman–Crippen LogP) is 3.78. The van der Waals surface area contributed by atoms with Gasteiger partial charge in [-0.2, -0.15) is 11.8 Å². The summed E-state index contributed by atoms with van der Waals surface area (Å²) < 4.78 is 0. The molecule has 1 aromatic rings. The summed E-state index contributed by atoms with van der Waals surface area (Å²) in [5.41, 5.74) is 0. The third-order valence-electron chi connectivity index (χ3n) is 1.52. The predicted molar refractivity (Wildman–Crippen MR) is 55.9 cm³/mol. The summed E-state index contributed by atoms with van der Waals surface area (Å²) in [5.74, 6) is 0.753. The minimum absolute atomic E-state index is 0.604. The molecule has 1 rings (SSSR count). The van der Waals surface area contributed by atoms with E-state index in [0.717, 1.165) is 12.3 Å². The fourth-order valence-electron chi connectivity index (χ4n) is 0.950. The zero-order chi connectivity index (χ0) is 8.10. The third kappa shape index (κ3) is 2.69. The van der Waals surface area contributed by atoms with Crippen LogP contribution in [-0.2, 0) is 0 Å². The Labute approximate surface area is 81.0 Å². The van der Waals surface area contributed by atoms with Crippen LogP contribution in [0.4, 0.5) is 0 Å². The van der Waals surface area contributed by atoms with Gasteiger partial charge in [0.1, 0.15) is 0 Å². The van der Waals surface area contributed by atoms with Gasteiger partial charge < -0.3 is 0 Å². The summed E-state index contributed by atoms with van der Waals surface area (Å²) in [6.45, 7) is 0. The SMILES string of the molecule is CSC(CCCl)c1cccs1. The Morgan fingerprint density at radius 3 is 3.00 bits per heavy atom. The number of thiophene rings is 1. The minimum atomic E-state index is 0.604. The fourth-order valence-corrected chi connectivity index (χ4v) is 3.16. The average molecular weight is 207 g/mol. The van der Waals surface area contributed by atoms with Crippen molar-refractivity contribution < 1.29 is 0 Å². The molecule has 0 bridgehead atoms. The number of hydrogen-bond donors (Lipinski definition) is 0. The highest BCUT2D eigenvalue weighted by Crippen LogP contribution is 2.33. The van der Waals surface area contributed by atoms with E-state index in [4.69, 9.17) is 11.6 Å². The number of hydrogen-bond acceptors (Lipinski definition) is 2. The third-order valence-corrected chi connectivity index (χ3v) is 3.93.